The minimum absolute atomic E-state index is 0.308. The highest BCUT2D eigenvalue weighted by atomic mass is 32.2. The Morgan fingerprint density at radius 2 is 2.20 bits per heavy atom. The van der Waals surface area contributed by atoms with Gasteiger partial charge in [-0.05, 0) is 24.9 Å². The topological polar surface area (TPSA) is 106 Å². The number of nitrogens with one attached hydrogen (secondary N) is 2. The Hall–Kier alpha value is -2.28. The van der Waals surface area contributed by atoms with E-state index in [-0.39, 0.29) is 0 Å². The van der Waals surface area contributed by atoms with Gasteiger partial charge in [0.15, 0.2) is 5.65 Å². The number of nitrogens with zero attached hydrogens (tertiary/aromatic N) is 6. The lowest BCUT2D eigenvalue weighted by atomic mass is 10.0. The van der Waals surface area contributed by atoms with E-state index in [0.717, 1.165) is 30.2 Å². The molecule has 0 amide bonds. The molecule has 3 aromatic heterocycles. The first-order valence-corrected chi connectivity index (χ1v) is 10.6. The van der Waals surface area contributed by atoms with E-state index in [4.69, 9.17) is 9.15 Å². The van der Waals surface area contributed by atoms with Crippen LogP contribution in [0, 0.1) is 6.92 Å². The van der Waals surface area contributed by atoms with E-state index in [1.54, 1.807) is 6.92 Å². The van der Waals surface area contributed by atoms with E-state index in [1.165, 1.54) is 11.9 Å². The molecule has 0 aromatic carbocycles. The first-order valence-electron chi connectivity index (χ1n) is 9.82. The second-order valence-corrected chi connectivity index (χ2v) is 8.70. The smallest absolute Gasteiger partial charge is 0.286 e. The van der Waals surface area contributed by atoms with Gasteiger partial charge in [-0.15, -0.1) is 20.4 Å². The molecule has 0 aliphatic carbocycles. The second-order valence-electron chi connectivity index (χ2n) is 7.82. The normalized spacial score (nSPS) is 21.2. The Labute approximate surface area is 176 Å². The van der Waals surface area contributed by atoms with Crippen molar-refractivity contribution >= 4 is 23.3 Å². The fraction of sp³-hybridized carbons (Fsp3) is 0.556. The molecule has 1 unspecified atom stereocenters. The third-order valence-electron chi connectivity index (χ3n) is 5.28. The van der Waals surface area contributed by atoms with Crippen LogP contribution in [0.2, 0.25) is 0 Å². The van der Waals surface area contributed by atoms with Gasteiger partial charge in [0.05, 0.1) is 18.9 Å². The number of aryl methyl sites for hydroxylation is 1. The lowest BCUT2D eigenvalue weighted by Crippen LogP contribution is -2.59. The number of rotatable bonds is 6. The van der Waals surface area contributed by atoms with Crippen molar-refractivity contribution in [2.75, 3.05) is 44.4 Å². The van der Waals surface area contributed by atoms with Gasteiger partial charge in [0.2, 0.25) is 11.7 Å². The SMILES string of the molecule is Cc1nnc(-c2nnc3c(N4CCNC(C)C4)cc(SNC4(CF)COC4)cn23)o1. The van der Waals surface area contributed by atoms with Crippen molar-refractivity contribution in [2.24, 2.45) is 0 Å². The van der Waals surface area contributed by atoms with Gasteiger partial charge < -0.3 is 19.4 Å². The largest absolute Gasteiger partial charge is 0.418 e. The van der Waals surface area contributed by atoms with E-state index in [2.05, 4.69) is 48.3 Å². The molecule has 0 saturated carbocycles. The standard InChI is InChI=1S/C18H23FN8O2S/c1-11-6-26(4-3-20-11)14-5-13(30-25-18(8-19)9-28-10-18)7-27-15(14)22-23-16(27)17-24-21-12(2)29-17/h5,7,11,20,25H,3-4,6,8-10H2,1-2H3. The third-order valence-corrected chi connectivity index (χ3v) is 6.28. The van der Waals surface area contributed by atoms with Gasteiger partial charge in [0, 0.05) is 43.7 Å². The molecule has 5 heterocycles. The Kier molecular flexibility index (Phi) is 5.09. The molecular formula is C18H23FN8O2S. The maximum Gasteiger partial charge on any atom is 0.286 e. The second kappa shape index (κ2) is 7.76. The van der Waals surface area contributed by atoms with Crippen LogP contribution in [-0.2, 0) is 4.74 Å². The van der Waals surface area contributed by atoms with Crippen LogP contribution in [-0.4, -0.2) is 75.9 Å². The lowest BCUT2D eigenvalue weighted by Gasteiger charge is -2.39. The minimum Gasteiger partial charge on any atom is -0.418 e. The molecule has 2 aliphatic rings. The average Bonchev–Trinajstić information content (AvgIpc) is 3.33. The van der Waals surface area contributed by atoms with Gasteiger partial charge in [0.25, 0.3) is 5.89 Å². The van der Waals surface area contributed by atoms with Crippen molar-refractivity contribution < 1.29 is 13.5 Å². The number of ether oxygens (including phenoxy) is 1. The molecule has 30 heavy (non-hydrogen) atoms. The summed E-state index contributed by atoms with van der Waals surface area (Å²) < 4.78 is 29.4. The van der Waals surface area contributed by atoms with E-state index in [0.29, 0.717) is 42.5 Å². The van der Waals surface area contributed by atoms with Crippen molar-refractivity contribution in [3.05, 3.63) is 18.2 Å². The number of pyridine rings is 1. The molecule has 0 bridgehead atoms. The number of piperazine rings is 1. The van der Waals surface area contributed by atoms with Crippen LogP contribution in [0.1, 0.15) is 12.8 Å². The summed E-state index contributed by atoms with van der Waals surface area (Å²) in [7, 11) is 0. The fourth-order valence-electron chi connectivity index (χ4n) is 3.60. The van der Waals surface area contributed by atoms with Crippen molar-refractivity contribution in [3.8, 4) is 11.7 Å². The van der Waals surface area contributed by atoms with Crippen molar-refractivity contribution in [3.63, 3.8) is 0 Å². The van der Waals surface area contributed by atoms with Crippen LogP contribution in [0.25, 0.3) is 17.4 Å². The van der Waals surface area contributed by atoms with E-state index in [1.807, 2.05) is 10.6 Å². The maximum absolute atomic E-state index is 13.5. The highest BCUT2D eigenvalue weighted by Gasteiger charge is 2.39. The number of hydrogen-bond acceptors (Lipinski definition) is 10. The number of aromatic nitrogens is 5. The van der Waals surface area contributed by atoms with Gasteiger partial charge in [-0.1, -0.05) is 0 Å². The summed E-state index contributed by atoms with van der Waals surface area (Å²) in [4.78, 5) is 3.19. The van der Waals surface area contributed by atoms with Gasteiger partial charge in [-0.25, -0.2) is 9.11 Å². The zero-order chi connectivity index (χ0) is 20.7. The van der Waals surface area contributed by atoms with Gasteiger partial charge in [0.1, 0.15) is 12.2 Å². The first kappa shape index (κ1) is 19.7. The van der Waals surface area contributed by atoms with Crippen molar-refractivity contribution in [1.29, 1.82) is 0 Å². The molecule has 5 rings (SSSR count). The maximum atomic E-state index is 13.5. The van der Waals surface area contributed by atoms with Crippen LogP contribution in [0.5, 0.6) is 0 Å². The van der Waals surface area contributed by atoms with Crippen LogP contribution in [0.15, 0.2) is 21.6 Å². The summed E-state index contributed by atoms with van der Waals surface area (Å²) in [6.45, 7) is 6.71. The summed E-state index contributed by atoms with van der Waals surface area (Å²) in [6.07, 6.45) is 1.91. The summed E-state index contributed by atoms with van der Waals surface area (Å²) in [6, 6.07) is 2.42. The zero-order valence-electron chi connectivity index (χ0n) is 16.8. The lowest BCUT2D eigenvalue weighted by molar-refractivity contribution is -0.0712. The Morgan fingerprint density at radius 1 is 1.33 bits per heavy atom. The average molecular weight is 435 g/mol. The highest BCUT2D eigenvalue weighted by molar-refractivity contribution is 7.97. The Balaban J connectivity index is 1.55. The Bertz CT molecular complexity index is 1050. The quantitative estimate of drug-likeness (QED) is 0.550. The number of fused-ring (bicyclic) bond motifs is 1. The van der Waals surface area contributed by atoms with Gasteiger partial charge >= 0.3 is 0 Å². The Morgan fingerprint density at radius 3 is 2.87 bits per heavy atom. The van der Waals surface area contributed by atoms with Crippen molar-refractivity contribution in [1.82, 2.24) is 34.8 Å². The molecule has 10 nitrogen and oxygen atoms in total. The highest BCUT2D eigenvalue weighted by Crippen LogP contribution is 2.32. The summed E-state index contributed by atoms with van der Waals surface area (Å²) >= 11 is 1.38. The zero-order valence-corrected chi connectivity index (χ0v) is 17.6. The predicted octanol–water partition coefficient (Wildman–Crippen LogP) is 1.22. The predicted molar refractivity (Wildman–Crippen MR) is 109 cm³/mol. The third kappa shape index (κ3) is 3.53. The summed E-state index contributed by atoms with van der Waals surface area (Å²) in [5.41, 5.74) is 1.04. The first-order chi connectivity index (χ1) is 14.6. The van der Waals surface area contributed by atoms with Crippen molar-refractivity contribution in [2.45, 2.75) is 30.3 Å². The molecule has 12 heteroatoms. The summed E-state index contributed by atoms with van der Waals surface area (Å²) in [5, 5.41) is 20.2. The molecule has 160 valence electrons. The van der Waals surface area contributed by atoms with E-state index in [9.17, 15) is 4.39 Å². The number of alkyl halides is 1. The monoisotopic (exact) mass is 434 g/mol. The minimum atomic E-state index is -0.636. The number of anilines is 1. The van der Waals surface area contributed by atoms with Crippen LogP contribution in [0.4, 0.5) is 10.1 Å². The van der Waals surface area contributed by atoms with E-state index < -0.39 is 12.2 Å². The molecule has 0 spiro atoms. The molecule has 2 aliphatic heterocycles. The molecule has 1 atom stereocenters. The van der Waals surface area contributed by atoms with Crippen LogP contribution in [0.3, 0.4) is 0 Å². The van der Waals surface area contributed by atoms with Gasteiger partial charge in [-0.3, -0.25) is 4.40 Å². The molecule has 2 N–H and O–H groups in total. The van der Waals surface area contributed by atoms with Crippen LogP contribution >= 0.6 is 11.9 Å². The number of hydrogen-bond donors (Lipinski definition) is 2. The molecule has 2 saturated heterocycles. The molecule has 0 radical (unpaired) electrons. The molecular weight excluding hydrogens is 411 g/mol. The molecule has 2 fully saturated rings. The molecule has 3 aromatic rings. The summed E-state index contributed by atoms with van der Waals surface area (Å²) in [5.74, 6) is 1.24. The number of halogens is 1. The van der Waals surface area contributed by atoms with Crippen LogP contribution < -0.4 is 14.9 Å². The fourth-order valence-corrected chi connectivity index (χ4v) is 4.44. The van der Waals surface area contributed by atoms with Gasteiger partial charge in [-0.2, -0.15) is 0 Å². The van der Waals surface area contributed by atoms with E-state index >= 15 is 0 Å².